The number of nitrogens with zero attached hydrogens (tertiary/aromatic N) is 5. The van der Waals surface area contributed by atoms with Crippen LogP contribution in [0.1, 0.15) is 66.4 Å². The molecule has 93 heavy (non-hydrogen) atoms. The van der Waals surface area contributed by atoms with E-state index in [2.05, 4.69) is 37.2 Å². The topological polar surface area (TPSA) is 419 Å². The SMILES string of the molecule is CN1C(=O)[C@@H](Cc2ccc(O)cc2)NC(=O)CNC(=O)[C@H](Cc2ccc3ccccc3c2)NC(=O)[C@H](CCCCC(=N)N)NC(=O)[C@H]1CCCNC(=O)c1ccc(NC(=O)CCNC(=O)CN2CCN(CC(=O)O)CCN(CC(=O)O)CCN(CC(=O)O)CC2)cc1.[In+3]. The third kappa shape index (κ3) is 26.4. The summed E-state index contributed by atoms with van der Waals surface area (Å²) >= 11 is 0. The molecule has 496 valence electrons. The second-order valence-corrected chi connectivity index (χ2v) is 22.9. The fourth-order valence-corrected chi connectivity index (χ4v) is 10.7. The Hall–Kier alpha value is -8.71. The molecule has 2 aliphatic rings. The van der Waals surface area contributed by atoms with Crippen molar-refractivity contribution < 1.29 is 73.2 Å². The summed E-state index contributed by atoms with van der Waals surface area (Å²) in [7, 11) is 1.38. The molecule has 2 aliphatic heterocycles. The van der Waals surface area contributed by atoms with Crippen LogP contribution in [0, 0.1) is 5.41 Å². The average molecular weight is 1390 g/mol. The Kier molecular flexibility index (Phi) is 30.9. The van der Waals surface area contributed by atoms with Crippen molar-refractivity contribution in [1.82, 2.24) is 56.4 Å². The molecule has 2 fully saturated rings. The molecule has 2 saturated heterocycles. The first-order valence-electron chi connectivity index (χ1n) is 30.5. The molecular weight excluding hydrogens is 1310 g/mol. The predicted octanol–water partition coefficient (Wildman–Crippen LogP) is -1.01. The molecule has 0 bridgehead atoms. The number of aromatic hydroxyl groups is 1. The first-order valence-corrected chi connectivity index (χ1v) is 30.5. The minimum Gasteiger partial charge on any atom is -0.508 e. The number of nitrogens with one attached hydrogen (secondary N) is 8. The van der Waals surface area contributed by atoms with Gasteiger partial charge in [-0.2, -0.15) is 0 Å². The molecule has 0 radical (unpaired) electrons. The third-order valence-electron chi connectivity index (χ3n) is 15.7. The van der Waals surface area contributed by atoms with Crippen molar-refractivity contribution in [3.63, 3.8) is 0 Å². The molecule has 0 aliphatic carbocycles. The number of amidine groups is 1. The zero-order chi connectivity index (χ0) is 66.7. The minimum atomic E-state index is -1.29. The van der Waals surface area contributed by atoms with Gasteiger partial charge in [0, 0.05) is 109 Å². The summed E-state index contributed by atoms with van der Waals surface area (Å²) in [6.07, 6.45) is 0.863. The summed E-state index contributed by atoms with van der Waals surface area (Å²) < 4.78 is 0. The van der Waals surface area contributed by atoms with Crippen LogP contribution in [0.25, 0.3) is 10.8 Å². The Bertz CT molecular complexity index is 3220. The van der Waals surface area contributed by atoms with Crippen LogP contribution in [0.3, 0.4) is 0 Å². The van der Waals surface area contributed by atoms with Gasteiger partial charge in [0.25, 0.3) is 5.91 Å². The summed E-state index contributed by atoms with van der Waals surface area (Å²) in [5.74, 6) is -8.32. The molecule has 30 heteroatoms. The molecular formula is C63H84InN14O15+3. The summed E-state index contributed by atoms with van der Waals surface area (Å²) in [5, 5.41) is 67.2. The number of unbranched alkanes of at least 4 members (excludes halogenated alkanes) is 1. The molecule has 6 rings (SSSR count). The second-order valence-electron chi connectivity index (χ2n) is 22.9. The summed E-state index contributed by atoms with van der Waals surface area (Å²) in [6, 6.07) is 20.1. The van der Waals surface area contributed by atoms with Crippen molar-refractivity contribution in [2.24, 2.45) is 5.73 Å². The van der Waals surface area contributed by atoms with Crippen molar-refractivity contribution in [2.75, 3.05) is 111 Å². The first-order chi connectivity index (χ1) is 44.0. The van der Waals surface area contributed by atoms with Crippen molar-refractivity contribution in [2.45, 2.75) is 82.0 Å². The van der Waals surface area contributed by atoms with Crippen LogP contribution in [-0.4, -0.2) is 271 Å². The van der Waals surface area contributed by atoms with E-state index in [1.807, 2.05) is 42.5 Å². The monoisotopic (exact) mass is 1390 g/mol. The molecule has 0 aromatic heterocycles. The quantitative estimate of drug-likeness (QED) is 0.0203. The number of benzene rings is 4. The van der Waals surface area contributed by atoms with Gasteiger partial charge in [0.15, 0.2) is 0 Å². The smallest absolute Gasteiger partial charge is 0.508 e. The maximum atomic E-state index is 14.7. The van der Waals surface area contributed by atoms with Gasteiger partial charge in [-0.1, -0.05) is 61.0 Å². The molecule has 0 saturated carbocycles. The largest absolute Gasteiger partial charge is 3.00 e. The number of likely N-dealkylation sites (N-methyl/N-ethyl adjacent to an activating group) is 1. The molecule has 2 heterocycles. The number of anilines is 1. The molecule has 8 amide bonds. The van der Waals surface area contributed by atoms with E-state index in [-0.39, 0.29) is 180 Å². The summed E-state index contributed by atoms with van der Waals surface area (Å²) in [4.78, 5) is 154. The van der Waals surface area contributed by atoms with Gasteiger partial charge in [0.1, 0.15) is 29.9 Å². The predicted molar refractivity (Wildman–Crippen MR) is 344 cm³/mol. The first kappa shape index (κ1) is 75.0. The van der Waals surface area contributed by atoms with Gasteiger partial charge < -0.3 is 68.3 Å². The van der Waals surface area contributed by atoms with Gasteiger partial charge in [-0.3, -0.25) is 77.7 Å². The summed E-state index contributed by atoms with van der Waals surface area (Å²) in [5.41, 5.74) is 7.43. The summed E-state index contributed by atoms with van der Waals surface area (Å²) in [6.45, 7) is 0.0688. The Balaban J connectivity index is 0.0000157. The molecule has 4 atom stereocenters. The van der Waals surface area contributed by atoms with Gasteiger partial charge in [-0.15, -0.1) is 0 Å². The molecule has 0 unspecified atom stereocenters. The maximum absolute atomic E-state index is 14.7. The van der Waals surface area contributed by atoms with Crippen LogP contribution in [0.4, 0.5) is 5.69 Å². The number of carboxylic acid groups (broad SMARTS) is 3. The van der Waals surface area contributed by atoms with Crippen molar-refractivity contribution in [3.05, 3.63) is 108 Å². The van der Waals surface area contributed by atoms with Crippen LogP contribution in [0.15, 0.2) is 91.0 Å². The second kappa shape index (κ2) is 38.3. The molecule has 14 N–H and O–H groups in total. The Morgan fingerprint density at radius 3 is 1.70 bits per heavy atom. The molecule has 0 spiro atoms. The maximum Gasteiger partial charge on any atom is 3.00 e. The number of carbonyl (C=O) groups is 11. The van der Waals surface area contributed by atoms with E-state index in [0.29, 0.717) is 29.7 Å². The Labute approximate surface area is 557 Å². The number of amides is 8. The number of carboxylic acids is 3. The molecule has 29 nitrogen and oxygen atoms in total. The fourth-order valence-electron chi connectivity index (χ4n) is 10.7. The molecule has 4 aromatic rings. The fraction of sp³-hybridized carbons (Fsp3) is 0.460. The number of aliphatic carboxylic acids is 3. The third-order valence-corrected chi connectivity index (χ3v) is 15.7. The standard InChI is InChI=1S/C63H84N14O15.In/c1-73-51(10-6-23-67-59(88)44-16-18-46(19-17-44)69-53(79)22-24-66-55(81)37-74-25-27-75(38-56(82)83)29-31-77(40-58(86)87)32-30-76(28-26-74)39-57(84)85)62(91)71-48(9-4-5-11-52(64)65)61(90)72-49(35-42-12-15-43-7-2-3-8-45(43)33-42)60(89)68-36-54(80)70-50(63(73)92)34-41-13-20-47(78)21-14-41;/h2-3,7-8,12-21,33,48-51,78H,4-6,9-11,22-32,34-40H2,1H3,(H3,64,65)(H,66,81)(H,67,88)(H,68,89)(H,69,79)(H,70,80)(H,71,91)(H,72,90)(H,82,83)(H,84,85)(H,86,87);/q;+3/t48-,49-,50+,51+;/m0./s1. The van der Waals surface area contributed by atoms with Crippen molar-refractivity contribution in [1.29, 1.82) is 5.41 Å². The number of fused-ring (bicyclic) bond motifs is 1. The van der Waals surface area contributed by atoms with Crippen LogP contribution in [0.2, 0.25) is 0 Å². The van der Waals surface area contributed by atoms with Gasteiger partial charge in [0.2, 0.25) is 41.4 Å². The minimum absolute atomic E-state index is 0. The van der Waals surface area contributed by atoms with Crippen molar-refractivity contribution >= 4 is 113 Å². The van der Waals surface area contributed by atoms with E-state index in [4.69, 9.17) is 11.1 Å². The Morgan fingerprint density at radius 1 is 0.570 bits per heavy atom. The van der Waals surface area contributed by atoms with E-state index in [9.17, 15) is 73.2 Å². The number of carbonyl (C=O) groups excluding carboxylic acids is 8. The average Bonchev–Trinajstić information content (AvgIpc) is 1.95. The van der Waals surface area contributed by atoms with E-state index in [1.54, 1.807) is 31.7 Å². The van der Waals surface area contributed by atoms with E-state index >= 15 is 0 Å². The Morgan fingerprint density at radius 2 is 1.12 bits per heavy atom. The van der Waals surface area contributed by atoms with Crippen LogP contribution in [-0.2, 0) is 60.8 Å². The van der Waals surface area contributed by atoms with E-state index in [0.717, 1.165) is 10.8 Å². The number of nitrogens with two attached hydrogens (primary N) is 1. The number of hydrogen-bond donors (Lipinski definition) is 13. The number of hydrogen-bond acceptors (Lipinski definition) is 17. The zero-order valence-corrected chi connectivity index (χ0v) is 55.4. The van der Waals surface area contributed by atoms with Crippen LogP contribution >= 0.6 is 0 Å². The number of phenols is 1. The zero-order valence-electron chi connectivity index (χ0n) is 52.1. The van der Waals surface area contributed by atoms with Crippen LogP contribution in [0.5, 0.6) is 5.75 Å². The number of rotatable bonds is 26. The van der Waals surface area contributed by atoms with Gasteiger partial charge >= 0.3 is 43.8 Å². The van der Waals surface area contributed by atoms with Gasteiger partial charge in [-0.25, -0.2) is 0 Å². The number of phenolic OH excluding ortho intramolecular Hbond substituents is 1. The normalized spacial score (nSPS) is 18.9. The van der Waals surface area contributed by atoms with E-state index < -0.39 is 95.9 Å². The van der Waals surface area contributed by atoms with Crippen molar-refractivity contribution in [3.8, 4) is 5.75 Å². The van der Waals surface area contributed by atoms with Gasteiger partial charge in [0.05, 0.1) is 38.6 Å². The van der Waals surface area contributed by atoms with E-state index in [1.165, 1.54) is 48.3 Å². The van der Waals surface area contributed by atoms with Crippen LogP contribution < -0.4 is 43.0 Å². The molecule has 4 aromatic carbocycles. The van der Waals surface area contributed by atoms with Gasteiger partial charge in [-0.05, 0) is 84.0 Å².